The first-order valence-corrected chi connectivity index (χ1v) is 7.97. The first kappa shape index (κ1) is 17.5. The van der Waals surface area contributed by atoms with E-state index < -0.39 is 5.82 Å². The molecule has 0 unspecified atom stereocenters. The molecule has 1 N–H and O–H groups in total. The molecule has 0 atom stereocenters. The van der Waals surface area contributed by atoms with Crippen LogP contribution in [-0.2, 0) is 6.54 Å². The summed E-state index contributed by atoms with van der Waals surface area (Å²) in [6, 6.07) is 12.3. The lowest BCUT2D eigenvalue weighted by atomic mass is 10.2. The van der Waals surface area contributed by atoms with Gasteiger partial charge < -0.3 is 15.0 Å². The van der Waals surface area contributed by atoms with Crippen molar-refractivity contribution in [3.8, 4) is 5.75 Å². The monoisotopic (exact) mass is 352 g/mol. The minimum Gasteiger partial charge on any atom is -0.494 e. The molecule has 0 bridgehead atoms. The molecule has 0 saturated heterocycles. The Morgan fingerprint density at radius 1 is 1.26 bits per heavy atom. The van der Waals surface area contributed by atoms with Crippen LogP contribution in [0.3, 0.4) is 0 Å². The van der Waals surface area contributed by atoms with E-state index >= 15 is 0 Å². The predicted octanol–water partition coefficient (Wildman–Crippen LogP) is 4.71. The number of hydrogen-bond donors (Lipinski definition) is 1. The third-order valence-corrected chi connectivity index (χ3v) is 3.88. The minimum absolute atomic E-state index is 0.0620. The fourth-order valence-electron chi connectivity index (χ4n) is 2.00. The Bertz CT molecular complexity index is 679. The Kier molecular flexibility index (Phi) is 6.19. The maximum Gasteiger partial charge on any atom is 0.173 e. The van der Waals surface area contributed by atoms with Gasteiger partial charge in [-0.2, -0.15) is 0 Å². The SMILES string of the molecule is CCOc1ccc(CN(C)C(=S)Nc2ccc(F)c(Cl)c2)cc1. The fourth-order valence-corrected chi connectivity index (χ4v) is 2.36. The highest BCUT2D eigenvalue weighted by Gasteiger charge is 2.07. The molecule has 6 heteroatoms. The Labute approximate surface area is 146 Å². The van der Waals surface area contributed by atoms with E-state index in [4.69, 9.17) is 28.6 Å². The molecule has 122 valence electrons. The molecule has 0 heterocycles. The molecule has 0 aliphatic heterocycles. The normalized spacial score (nSPS) is 10.3. The van der Waals surface area contributed by atoms with Crippen LogP contribution >= 0.6 is 23.8 Å². The summed E-state index contributed by atoms with van der Waals surface area (Å²) >= 11 is 11.1. The molecule has 0 aliphatic carbocycles. The summed E-state index contributed by atoms with van der Waals surface area (Å²) in [5, 5.41) is 3.63. The molecule has 2 aromatic carbocycles. The number of nitrogens with zero attached hydrogens (tertiary/aromatic N) is 1. The number of ether oxygens (including phenoxy) is 1. The third-order valence-electron chi connectivity index (χ3n) is 3.17. The van der Waals surface area contributed by atoms with E-state index in [1.165, 1.54) is 12.1 Å². The van der Waals surface area contributed by atoms with E-state index in [9.17, 15) is 4.39 Å². The van der Waals surface area contributed by atoms with E-state index in [0.29, 0.717) is 24.0 Å². The van der Waals surface area contributed by atoms with Crippen molar-refractivity contribution in [3.63, 3.8) is 0 Å². The molecule has 23 heavy (non-hydrogen) atoms. The molecule has 0 radical (unpaired) electrons. The minimum atomic E-state index is -0.453. The maximum absolute atomic E-state index is 13.2. The Hall–Kier alpha value is -1.85. The second-order valence-electron chi connectivity index (χ2n) is 4.99. The molecular weight excluding hydrogens is 335 g/mol. The molecule has 2 aromatic rings. The first-order valence-electron chi connectivity index (χ1n) is 7.18. The van der Waals surface area contributed by atoms with Gasteiger partial charge in [0.1, 0.15) is 11.6 Å². The van der Waals surface area contributed by atoms with E-state index in [0.717, 1.165) is 11.3 Å². The molecule has 0 spiro atoms. The van der Waals surface area contributed by atoms with Crippen LogP contribution in [0.25, 0.3) is 0 Å². The van der Waals surface area contributed by atoms with Crippen LogP contribution in [0.2, 0.25) is 5.02 Å². The van der Waals surface area contributed by atoms with E-state index in [1.807, 2.05) is 43.1 Å². The van der Waals surface area contributed by atoms with Gasteiger partial charge in [-0.25, -0.2) is 4.39 Å². The van der Waals surface area contributed by atoms with Crippen LogP contribution in [0.1, 0.15) is 12.5 Å². The van der Waals surface area contributed by atoms with Gasteiger partial charge in [0, 0.05) is 19.3 Å². The fraction of sp³-hybridized carbons (Fsp3) is 0.235. The summed E-state index contributed by atoms with van der Waals surface area (Å²) in [6.45, 7) is 3.24. The summed E-state index contributed by atoms with van der Waals surface area (Å²) in [4.78, 5) is 1.89. The highest BCUT2D eigenvalue weighted by atomic mass is 35.5. The number of anilines is 1. The van der Waals surface area contributed by atoms with Gasteiger partial charge >= 0.3 is 0 Å². The lowest BCUT2D eigenvalue weighted by Gasteiger charge is -2.21. The zero-order valence-electron chi connectivity index (χ0n) is 13.0. The van der Waals surface area contributed by atoms with Crippen molar-refractivity contribution in [2.45, 2.75) is 13.5 Å². The van der Waals surface area contributed by atoms with Gasteiger partial charge in [0.15, 0.2) is 5.11 Å². The molecule has 0 saturated carbocycles. The average molecular weight is 353 g/mol. The summed E-state index contributed by atoms with van der Waals surface area (Å²) in [5.41, 5.74) is 1.76. The summed E-state index contributed by atoms with van der Waals surface area (Å²) in [5.74, 6) is 0.395. The first-order chi connectivity index (χ1) is 11.0. The molecule has 0 fully saturated rings. The molecule has 0 aromatic heterocycles. The van der Waals surface area contributed by atoms with Gasteiger partial charge in [0.25, 0.3) is 0 Å². The van der Waals surface area contributed by atoms with Gasteiger partial charge in [-0.15, -0.1) is 0 Å². The highest BCUT2D eigenvalue weighted by Crippen LogP contribution is 2.20. The van der Waals surface area contributed by atoms with Gasteiger partial charge in [-0.1, -0.05) is 23.7 Å². The van der Waals surface area contributed by atoms with E-state index in [2.05, 4.69) is 5.32 Å². The zero-order valence-corrected chi connectivity index (χ0v) is 14.5. The van der Waals surface area contributed by atoms with Crippen molar-refractivity contribution < 1.29 is 9.13 Å². The quantitative estimate of drug-likeness (QED) is 0.788. The van der Waals surface area contributed by atoms with Crippen molar-refractivity contribution in [1.82, 2.24) is 4.90 Å². The largest absolute Gasteiger partial charge is 0.494 e. The van der Waals surface area contributed by atoms with Crippen molar-refractivity contribution in [2.24, 2.45) is 0 Å². The van der Waals surface area contributed by atoms with E-state index in [1.54, 1.807) is 6.07 Å². The predicted molar refractivity (Wildman–Crippen MR) is 96.7 cm³/mol. The van der Waals surface area contributed by atoms with Crippen molar-refractivity contribution >= 4 is 34.6 Å². The summed E-state index contributed by atoms with van der Waals surface area (Å²) in [7, 11) is 1.89. The Morgan fingerprint density at radius 2 is 1.96 bits per heavy atom. The molecule has 2 rings (SSSR count). The standard InChI is InChI=1S/C17H18ClFN2OS/c1-3-22-14-7-4-12(5-8-14)11-21(2)17(23)20-13-6-9-16(19)15(18)10-13/h4-10H,3,11H2,1-2H3,(H,20,23). The lowest BCUT2D eigenvalue weighted by molar-refractivity contribution is 0.340. The molecule has 3 nitrogen and oxygen atoms in total. The zero-order chi connectivity index (χ0) is 16.8. The van der Waals surface area contributed by atoms with Gasteiger partial charge in [-0.3, -0.25) is 0 Å². The smallest absolute Gasteiger partial charge is 0.173 e. The number of nitrogens with one attached hydrogen (secondary N) is 1. The summed E-state index contributed by atoms with van der Waals surface area (Å²) in [6.07, 6.45) is 0. The molecular formula is C17H18ClFN2OS. The van der Waals surface area contributed by atoms with Gasteiger partial charge in [0.2, 0.25) is 0 Å². The second-order valence-corrected chi connectivity index (χ2v) is 5.79. The van der Waals surface area contributed by atoms with Gasteiger partial charge in [0.05, 0.1) is 11.6 Å². The van der Waals surface area contributed by atoms with Crippen LogP contribution in [0, 0.1) is 5.82 Å². The number of rotatable bonds is 5. The number of thiocarbonyl (C=S) groups is 1. The lowest BCUT2D eigenvalue weighted by Crippen LogP contribution is -2.30. The summed E-state index contributed by atoms with van der Waals surface area (Å²) < 4.78 is 18.6. The van der Waals surface area contributed by atoms with Crippen LogP contribution < -0.4 is 10.1 Å². The van der Waals surface area contributed by atoms with Crippen LogP contribution in [0.15, 0.2) is 42.5 Å². The van der Waals surface area contributed by atoms with Crippen molar-refractivity contribution in [3.05, 3.63) is 58.9 Å². The van der Waals surface area contributed by atoms with Crippen LogP contribution in [-0.4, -0.2) is 23.7 Å². The van der Waals surface area contributed by atoms with Crippen LogP contribution in [0.4, 0.5) is 10.1 Å². The van der Waals surface area contributed by atoms with E-state index in [-0.39, 0.29) is 5.02 Å². The number of benzene rings is 2. The third kappa shape index (κ3) is 5.08. The maximum atomic E-state index is 13.2. The van der Waals surface area contributed by atoms with Gasteiger partial charge in [-0.05, 0) is 55.0 Å². The molecule has 0 aliphatic rings. The van der Waals surface area contributed by atoms with Crippen molar-refractivity contribution in [2.75, 3.05) is 19.0 Å². The average Bonchev–Trinajstić information content (AvgIpc) is 2.53. The van der Waals surface area contributed by atoms with Crippen molar-refractivity contribution in [1.29, 1.82) is 0 Å². The number of halogens is 2. The van der Waals surface area contributed by atoms with Crippen LogP contribution in [0.5, 0.6) is 5.75 Å². The Morgan fingerprint density at radius 3 is 2.57 bits per heavy atom. The molecule has 0 amide bonds. The second kappa shape index (κ2) is 8.13. The Balaban J connectivity index is 1.95. The number of hydrogen-bond acceptors (Lipinski definition) is 2. The topological polar surface area (TPSA) is 24.5 Å². The highest BCUT2D eigenvalue weighted by molar-refractivity contribution is 7.80.